The van der Waals surface area contributed by atoms with Crippen LogP contribution in [0.15, 0.2) is 23.1 Å². The molecule has 0 aromatic heterocycles. The van der Waals surface area contributed by atoms with E-state index in [9.17, 15) is 23.6 Å². The van der Waals surface area contributed by atoms with Crippen molar-refractivity contribution in [3.63, 3.8) is 0 Å². The SMILES string of the molecule is CC(C)NCCCNS(=O)(=O)c1ccc(O)c([N+](=O)[O-])c1. The first-order valence-corrected chi connectivity index (χ1v) is 7.93. The molecule has 0 radical (unpaired) electrons. The summed E-state index contributed by atoms with van der Waals surface area (Å²) in [6, 6.07) is 3.27. The zero-order valence-electron chi connectivity index (χ0n) is 11.9. The van der Waals surface area contributed by atoms with E-state index in [2.05, 4.69) is 10.0 Å². The van der Waals surface area contributed by atoms with Gasteiger partial charge in [0.1, 0.15) is 0 Å². The first-order chi connectivity index (χ1) is 9.74. The van der Waals surface area contributed by atoms with Crippen molar-refractivity contribution in [3.05, 3.63) is 28.3 Å². The second-order valence-electron chi connectivity index (χ2n) is 4.77. The summed E-state index contributed by atoms with van der Waals surface area (Å²) in [5.41, 5.74) is -0.639. The van der Waals surface area contributed by atoms with Gasteiger partial charge in [0.2, 0.25) is 10.0 Å². The highest BCUT2D eigenvalue weighted by atomic mass is 32.2. The Kier molecular flexibility index (Phi) is 6.06. The third-order valence-electron chi connectivity index (χ3n) is 2.65. The number of phenols is 1. The predicted octanol–water partition coefficient (Wildman–Crippen LogP) is 0.967. The van der Waals surface area contributed by atoms with Gasteiger partial charge in [-0.25, -0.2) is 13.1 Å². The molecule has 0 spiro atoms. The van der Waals surface area contributed by atoms with Crippen molar-refractivity contribution in [1.29, 1.82) is 0 Å². The van der Waals surface area contributed by atoms with E-state index in [1.54, 1.807) is 0 Å². The normalized spacial score (nSPS) is 11.8. The average molecular weight is 317 g/mol. The van der Waals surface area contributed by atoms with Crippen LogP contribution in [0.1, 0.15) is 20.3 Å². The first-order valence-electron chi connectivity index (χ1n) is 6.44. The molecule has 0 unspecified atom stereocenters. The average Bonchev–Trinajstić information content (AvgIpc) is 2.37. The van der Waals surface area contributed by atoms with Gasteiger partial charge in [-0.1, -0.05) is 13.8 Å². The van der Waals surface area contributed by atoms with E-state index < -0.39 is 26.4 Å². The highest BCUT2D eigenvalue weighted by Crippen LogP contribution is 2.27. The molecule has 1 aromatic rings. The molecule has 0 bridgehead atoms. The van der Waals surface area contributed by atoms with Crippen LogP contribution in [0.5, 0.6) is 5.75 Å². The molecule has 0 amide bonds. The standard InChI is InChI=1S/C12H19N3O5S/c1-9(2)13-6-3-7-14-21(19,20)10-4-5-12(16)11(8-10)15(17)18/h4-5,8-9,13-14,16H,3,6-7H2,1-2H3. The molecular formula is C12H19N3O5S. The highest BCUT2D eigenvalue weighted by Gasteiger charge is 2.20. The summed E-state index contributed by atoms with van der Waals surface area (Å²) in [5, 5.41) is 23.1. The van der Waals surface area contributed by atoms with Crippen molar-refractivity contribution in [2.45, 2.75) is 31.2 Å². The molecule has 0 heterocycles. The summed E-state index contributed by atoms with van der Waals surface area (Å²) in [4.78, 5) is 9.61. The van der Waals surface area contributed by atoms with E-state index in [1.165, 1.54) is 0 Å². The van der Waals surface area contributed by atoms with Gasteiger partial charge in [-0.05, 0) is 25.1 Å². The van der Waals surface area contributed by atoms with E-state index in [0.717, 1.165) is 18.2 Å². The largest absolute Gasteiger partial charge is 0.502 e. The van der Waals surface area contributed by atoms with E-state index in [4.69, 9.17) is 0 Å². The van der Waals surface area contributed by atoms with E-state index >= 15 is 0 Å². The molecule has 0 atom stereocenters. The summed E-state index contributed by atoms with van der Waals surface area (Å²) in [6.45, 7) is 4.85. The summed E-state index contributed by atoms with van der Waals surface area (Å²) in [5.74, 6) is -0.569. The molecule has 0 aliphatic rings. The Balaban J connectivity index is 2.70. The summed E-state index contributed by atoms with van der Waals surface area (Å²) < 4.78 is 26.3. The van der Waals surface area contributed by atoms with Gasteiger partial charge in [0, 0.05) is 18.7 Å². The molecule has 1 rings (SSSR count). The zero-order valence-corrected chi connectivity index (χ0v) is 12.7. The quantitative estimate of drug-likeness (QED) is 0.373. The van der Waals surface area contributed by atoms with Gasteiger partial charge >= 0.3 is 5.69 Å². The monoisotopic (exact) mass is 317 g/mol. The number of nitrogens with zero attached hydrogens (tertiary/aromatic N) is 1. The number of aromatic hydroxyl groups is 1. The molecule has 0 fully saturated rings. The fourth-order valence-electron chi connectivity index (χ4n) is 1.59. The Morgan fingerprint density at radius 3 is 2.57 bits per heavy atom. The Morgan fingerprint density at radius 2 is 2.00 bits per heavy atom. The van der Waals surface area contributed by atoms with E-state index in [1.807, 2.05) is 13.8 Å². The summed E-state index contributed by atoms with van der Waals surface area (Å²) >= 11 is 0. The lowest BCUT2D eigenvalue weighted by Gasteiger charge is -2.09. The summed E-state index contributed by atoms with van der Waals surface area (Å²) in [7, 11) is -3.83. The number of nitro benzene ring substituents is 1. The van der Waals surface area contributed by atoms with Crippen LogP contribution in [0.4, 0.5) is 5.69 Å². The van der Waals surface area contributed by atoms with Crippen LogP contribution in [-0.4, -0.2) is 37.6 Å². The smallest absolute Gasteiger partial charge is 0.312 e. The second kappa shape index (κ2) is 7.34. The number of rotatable bonds is 8. The van der Waals surface area contributed by atoms with Gasteiger partial charge in [-0.2, -0.15) is 0 Å². The Hall–Kier alpha value is -1.71. The van der Waals surface area contributed by atoms with Crippen molar-refractivity contribution in [1.82, 2.24) is 10.0 Å². The lowest BCUT2D eigenvalue weighted by atomic mass is 10.3. The Morgan fingerprint density at radius 1 is 1.33 bits per heavy atom. The lowest BCUT2D eigenvalue weighted by molar-refractivity contribution is -0.386. The minimum atomic E-state index is -3.83. The minimum absolute atomic E-state index is 0.219. The van der Waals surface area contributed by atoms with Gasteiger partial charge in [0.05, 0.1) is 9.82 Å². The molecule has 0 aliphatic heterocycles. The molecule has 3 N–H and O–H groups in total. The second-order valence-corrected chi connectivity index (χ2v) is 6.53. The van der Waals surface area contributed by atoms with Crippen LogP contribution in [0.25, 0.3) is 0 Å². The van der Waals surface area contributed by atoms with Crippen LogP contribution < -0.4 is 10.0 Å². The molecule has 0 saturated carbocycles. The van der Waals surface area contributed by atoms with Crippen molar-refractivity contribution in [3.8, 4) is 5.75 Å². The van der Waals surface area contributed by atoms with Crippen LogP contribution >= 0.6 is 0 Å². The van der Waals surface area contributed by atoms with Crippen molar-refractivity contribution in [2.75, 3.05) is 13.1 Å². The minimum Gasteiger partial charge on any atom is -0.502 e. The third kappa shape index (κ3) is 5.29. The van der Waals surface area contributed by atoms with Crippen LogP contribution in [0, 0.1) is 10.1 Å². The van der Waals surface area contributed by atoms with E-state index in [-0.39, 0.29) is 11.4 Å². The van der Waals surface area contributed by atoms with Crippen molar-refractivity contribution >= 4 is 15.7 Å². The molecule has 21 heavy (non-hydrogen) atoms. The highest BCUT2D eigenvalue weighted by molar-refractivity contribution is 7.89. The molecular weight excluding hydrogens is 298 g/mol. The Bertz CT molecular complexity index is 601. The molecule has 1 aromatic carbocycles. The van der Waals surface area contributed by atoms with Gasteiger partial charge < -0.3 is 10.4 Å². The molecule has 9 heteroatoms. The van der Waals surface area contributed by atoms with Gasteiger partial charge in [0.15, 0.2) is 5.75 Å². The molecule has 8 nitrogen and oxygen atoms in total. The fraction of sp³-hybridized carbons (Fsp3) is 0.500. The van der Waals surface area contributed by atoms with Crippen LogP contribution in [0.3, 0.4) is 0 Å². The molecule has 118 valence electrons. The molecule has 0 aliphatic carbocycles. The van der Waals surface area contributed by atoms with Crippen molar-refractivity contribution in [2.24, 2.45) is 0 Å². The number of hydrogen-bond donors (Lipinski definition) is 3. The number of hydrogen-bond acceptors (Lipinski definition) is 6. The number of benzene rings is 1. The number of sulfonamides is 1. The maximum absolute atomic E-state index is 12.0. The van der Waals surface area contributed by atoms with Crippen LogP contribution in [0.2, 0.25) is 0 Å². The van der Waals surface area contributed by atoms with E-state index in [0.29, 0.717) is 19.0 Å². The number of nitro groups is 1. The number of phenolic OH excluding ortho intramolecular Hbond substituents is 1. The van der Waals surface area contributed by atoms with Gasteiger partial charge in [-0.3, -0.25) is 10.1 Å². The summed E-state index contributed by atoms with van der Waals surface area (Å²) in [6.07, 6.45) is 0.595. The lowest BCUT2D eigenvalue weighted by Crippen LogP contribution is -2.29. The fourth-order valence-corrected chi connectivity index (χ4v) is 2.68. The van der Waals surface area contributed by atoms with Gasteiger partial charge in [-0.15, -0.1) is 0 Å². The Labute approximate surface area is 123 Å². The van der Waals surface area contributed by atoms with Gasteiger partial charge in [0.25, 0.3) is 0 Å². The third-order valence-corrected chi connectivity index (χ3v) is 4.11. The van der Waals surface area contributed by atoms with Crippen LogP contribution in [-0.2, 0) is 10.0 Å². The number of nitrogens with one attached hydrogen (secondary N) is 2. The van der Waals surface area contributed by atoms with Crippen molar-refractivity contribution < 1.29 is 18.4 Å². The maximum atomic E-state index is 12.0. The first kappa shape index (κ1) is 17.3. The molecule has 0 saturated heterocycles. The topological polar surface area (TPSA) is 122 Å². The maximum Gasteiger partial charge on any atom is 0.312 e. The zero-order chi connectivity index (χ0) is 16.0. The predicted molar refractivity (Wildman–Crippen MR) is 77.7 cm³/mol.